The minimum absolute atomic E-state index is 0.0282. The van der Waals surface area contributed by atoms with Crippen LogP contribution in [-0.2, 0) is 4.79 Å². The molecule has 2 rings (SSSR count). The van der Waals surface area contributed by atoms with Crippen molar-refractivity contribution in [3.8, 4) is 0 Å². The Bertz CT molecular complexity index is 385. The first-order chi connectivity index (χ1) is 8.16. The van der Waals surface area contributed by atoms with Crippen LogP contribution < -0.4 is 10.6 Å². The molecule has 1 aromatic rings. The number of rotatable bonds is 3. The molecule has 1 aromatic heterocycles. The number of aromatic nitrogens is 2. The molecule has 0 bridgehead atoms. The number of hydrogen-bond acceptors (Lipinski definition) is 4. The van der Waals surface area contributed by atoms with E-state index >= 15 is 0 Å². The highest BCUT2D eigenvalue weighted by atomic mass is 32.2. The van der Waals surface area contributed by atoms with E-state index in [4.69, 9.17) is 0 Å². The quantitative estimate of drug-likeness (QED) is 0.848. The summed E-state index contributed by atoms with van der Waals surface area (Å²) in [5.74, 6) is 1.94. The van der Waals surface area contributed by atoms with E-state index in [1.165, 1.54) is 0 Å². The largest absolute Gasteiger partial charge is 0.322 e. The SMILES string of the molecule is CC(C)n1cc(NC(=O)C2CSCCN2)cn1. The summed E-state index contributed by atoms with van der Waals surface area (Å²) >= 11 is 1.81. The Hall–Kier alpha value is -1.01. The van der Waals surface area contributed by atoms with Gasteiger partial charge in [0.05, 0.1) is 17.9 Å². The Balaban J connectivity index is 1.92. The van der Waals surface area contributed by atoms with Crippen LogP contribution in [0.25, 0.3) is 0 Å². The molecule has 1 aliphatic heterocycles. The normalized spacial score (nSPS) is 20.5. The molecule has 0 radical (unpaired) electrons. The van der Waals surface area contributed by atoms with Crippen molar-refractivity contribution in [2.45, 2.75) is 25.9 Å². The van der Waals surface area contributed by atoms with Gasteiger partial charge in [0.2, 0.25) is 5.91 Å². The van der Waals surface area contributed by atoms with E-state index in [0.717, 1.165) is 23.7 Å². The average molecular weight is 254 g/mol. The average Bonchev–Trinajstić information content (AvgIpc) is 2.79. The fraction of sp³-hybridized carbons (Fsp3) is 0.636. The second-order valence-corrected chi connectivity index (χ2v) is 5.52. The molecule has 1 amide bonds. The Kier molecular flexibility index (Phi) is 4.06. The van der Waals surface area contributed by atoms with Gasteiger partial charge in [-0.15, -0.1) is 0 Å². The smallest absolute Gasteiger partial charge is 0.242 e. The number of carbonyl (C=O) groups is 1. The van der Waals surface area contributed by atoms with Crippen molar-refractivity contribution in [2.75, 3.05) is 23.4 Å². The minimum Gasteiger partial charge on any atom is -0.322 e. The Morgan fingerprint density at radius 1 is 1.71 bits per heavy atom. The molecule has 5 nitrogen and oxygen atoms in total. The van der Waals surface area contributed by atoms with Gasteiger partial charge in [0.1, 0.15) is 0 Å². The van der Waals surface area contributed by atoms with Crippen LogP contribution in [0.4, 0.5) is 5.69 Å². The van der Waals surface area contributed by atoms with Gasteiger partial charge in [-0.25, -0.2) is 0 Å². The third kappa shape index (κ3) is 3.23. The lowest BCUT2D eigenvalue weighted by Gasteiger charge is -2.21. The van der Waals surface area contributed by atoms with Crippen molar-refractivity contribution < 1.29 is 4.79 Å². The van der Waals surface area contributed by atoms with Crippen LogP contribution in [0, 0.1) is 0 Å². The van der Waals surface area contributed by atoms with Crippen molar-refractivity contribution in [1.29, 1.82) is 0 Å². The summed E-state index contributed by atoms with van der Waals surface area (Å²) in [6.45, 7) is 5.00. The summed E-state index contributed by atoms with van der Waals surface area (Å²) in [7, 11) is 0. The van der Waals surface area contributed by atoms with Gasteiger partial charge in [0.25, 0.3) is 0 Å². The summed E-state index contributed by atoms with van der Waals surface area (Å²) in [6, 6.07) is 0.222. The van der Waals surface area contributed by atoms with Crippen molar-refractivity contribution in [3.05, 3.63) is 12.4 Å². The molecule has 1 atom stereocenters. The van der Waals surface area contributed by atoms with Gasteiger partial charge in [-0.1, -0.05) is 0 Å². The maximum atomic E-state index is 11.9. The number of nitrogens with zero attached hydrogens (tertiary/aromatic N) is 2. The van der Waals surface area contributed by atoms with Gasteiger partial charge < -0.3 is 10.6 Å². The molecule has 0 aliphatic carbocycles. The standard InChI is InChI=1S/C11H18N4OS/c1-8(2)15-6-9(5-13-15)14-11(16)10-7-17-4-3-12-10/h5-6,8,10,12H,3-4,7H2,1-2H3,(H,14,16). The van der Waals surface area contributed by atoms with Crippen LogP contribution >= 0.6 is 11.8 Å². The third-order valence-corrected chi connectivity index (χ3v) is 3.70. The van der Waals surface area contributed by atoms with E-state index in [1.54, 1.807) is 6.20 Å². The zero-order chi connectivity index (χ0) is 12.3. The van der Waals surface area contributed by atoms with E-state index in [-0.39, 0.29) is 11.9 Å². The number of anilines is 1. The predicted octanol–water partition coefficient (Wildman–Crippen LogP) is 1.11. The molecule has 0 spiro atoms. The summed E-state index contributed by atoms with van der Waals surface area (Å²) in [6.07, 6.45) is 3.55. The summed E-state index contributed by atoms with van der Waals surface area (Å²) < 4.78 is 1.83. The van der Waals surface area contributed by atoms with E-state index in [1.807, 2.05) is 22.6 Å². The second kappa shape index (κ2) is 5.55. The number of carbonyl (C=O) groups excluding carboxylic acids is 1. The first-order valence-electron chi connectivity index (χ1n) is 5.83. The van der Waals surface area contributed by atoms with Gasteiger partial charge >= 0.3 is 0 Å². The zero-order valence-electron chi connectivity index (χ0n) is 10.1. The third-order valence-electron chi connectivity index (χ3n) is 2.64. The molecule has 2 N–H and O–H groups in total. The highest BCUT2D eigenvalue weighted by molar-refractivity contribution is 7.99. The van der Waals surface area contributed by atoms with Gasteiger partial charge in [0, 0.05) is 30.3 Å². The first-order valence-corrected chi connectivity index (χ1v) is 6.98. The van der Waals surface area contributed by atoms with Crippen LogP contribution in [0.5, 0.6) is 0 Å². The molecule has 1 saturated heterocycles. The van der Waals surface area contributed by atoms with Crippen molar-refractivity contribution in [1.82, 2.24) is 15.1 Å². The second-order valence-electron chi connectivity index (χ2n) is 4.37. The molecule has 1 fully saturated rings. The number of nitrogens with one attached hydrogen (secondary N) is 2. The molecule has 2 heterocycles. The lowest BCUT2D eigenvalue weighted by Crippen LogP contribution is -2.46. The Morgan fingerprint density at radius 2 is 2.53 bits per heavy atom. The van der Waals surface area contributed by atoms with Gasteiger partial charge in [-0.3, -0.25) is 9.48 Å². The van der Waals surface area contributed by atoms with Crippen LogP contribution in [0.2, 0.25) is 0 Å². The maximum Gasteiger partial charge on any atom is 0.242 e. The molecule has 94 valence electrons. The fourth-order valence-corrected chi connectivity index (χ4v) is 2.58. The van der Waals surface area contributed by atoms with Gasteiger partial charge in [-0.2, -0.15) is 16.9 Å². The minimum atomic E-state index is -0.0869. The van der Waals surface area contributed by atoms with Gasteiger partial charge in [0.15, 0.2) is 0 Å². The zero-order valence-corrected chi connectivity index (χ0v) is 11.0. The van der Waals surface area contributed by atoms with Crippen molar-refractivity contribution in [3.63, 3.8) is 0 Å². The molecule has 6 heteroatoms. The summed E-state index contributed by atoms with van der Waals surface area (Å²) in [4.78, 5) is 11.9. The van der Waals surface area contributed by atoms with Crippen LogP contribution in [0.15, 0.2) is 12.4 Å². The summed E-state index contributed by atoms with van der Waals surface area (Å²) in [5.41, 5.74) is 0.765. The molecule has 17 heavy (non-hydrogen) atoms. The Labute approximate surface area is 105 Å². The van der Waals surface area contributed by atoms with Crippen LogP contribution in [0.3, 0.4) is 0 Å². The van der Waals surface area contributed by atoms with Crippen LogP contribution in [-0.4, -0.2) is 39.8 Å². The lowest BCUT2D eigenvalue weighted by molar-refractivity contribution is -0.117. The van der Waals surface area contributed by atoms with E-state index < -0.39 is 0 Å². The van der Waals surface area contributed by atoms with Crippen molar-refractivity contribution >= 4 is 23.4 Å². The van der Waals surface area contributed by atoms with E-state index in [0.29, 0.717) is 6.04 Å². The molecular formula is C11H18N4OS. The highest BCUT2D eigenvalue weighted by Crippen LogP contribution is 2.12. The molecule has 0 aromatic carbocycles. The Morgan fingerprint density at radius 3 is 3.12 bits per heavy atom. The molecule has 0 saturated carbocycles. The van der Waals surface area contributed by atoms with E-state index in [9.17, 15) is 4.79 Å². The number of amides is 1. The number of thioether (sulfide) groups is 1. The molecule has 1 aliphatic rings. The molecule has 1 unspecified atom stereocenters. The first kappa shape index (κ1) is 12.4. The maximum absolute atomic E-state index is 11.9. The van der Waals surface area contributed by atoms with Gasteiger partial charge in [-0.05, 0) is 13.8 Å². The fourth-order valence-electron chi connectivity index (χ4n) is 1.65. The van der Waals surface area contributed by atoms with Crippen molar-refractivity contribution in [2.24, 2.45) is 0 Å². The lowest BCUT2D eigenvalue weighted by atomic mass is 10.3. The monoisotopic (exact) mass is 254 g/mol. The summed E-state index contributed by atoms with van der Waals surface area (Å²) in [5, 5.41) is 10.3. The topological polar surface area (TPSA) is 59.0 Å². The van der Waals surface area contributed by atoms with E-state index in [2.05, 4.69) is 29.6 Å². The number of hydrogen-bond donors (Lipinski definition) is 2. The van der Waals surface area contributed by atoms with Crippen LogP contribution in [0.1, 0.15) is 19.9 Å². The highest BCUT2D eigenvalue weighted by Gasteiger charge is 2.21. The molecular weight excluding hydrogens is 236 g/mol. The predicted molar refractivity (Wildman–Crippen MR) is 70.4 cm³/mol.